The first-order valence-electron chi connectivity index (χ1n) is 10.3. The minimum Gasteiger partial charge on any atom is -0.350 e. The number of carbonyl (C=O) groups excluding carboxylic acids is 3. The maximum absolute atomic E-state index is 13.1. The molecule has 2 aromatic carbocycles. The van der Waals surface area contributed by atoms with Gasteiger partial charge in [-0.3, -0.25) is 14.4 Å². The summed E-state index contributed by atoms with van der Waals surface area (Å²) in [6.45, 7) is 4.28. The van der Waals surface area contributed by atoms with E-state index in [4.69, 9.17) is 0 Å². The van der Waals surface area contributed by atoms with Gasteiger partial charge in [0, 0.05) is 24.5 Å². The highest BCUT2D eigenvalue weighted by molar-refractivity contribution is 6.03. The maximum atomic E-state index is 13.1. The molecule has 0 aliphatic carbocycles. The van der Waals surface area contributed by atoms with Crippen LogP contribution in [0.4, 0.5) is 0 Å². The molecule has 2 N–H and O–H groups in total. The third-order valence-corrected chi connectivity index (χ3v) is 6.05. The number of benzene rings is 2. The summed E-state index contributed by atoms with van der Waals surface area (Å²) in [6, 6.07) is 17.5. The van der Waals surface area contributed by atoms with Crippen LogP contribution in [0, 0.1) is 6.92 Å². The zero-order chi connectivity index (χ0) is 22.2. The van der Waals surface area contributed by atoms with Crippen LogP contribution in [0.2, 0.25) is 0 Å². The molecule has 7 heteroatoms. The quantitative estimate of drug-likeness (QED) is 0.667. The fourth-order valence-corrected chi connectivity index (χ4v) is 3.91. The van der Waals surface area contributed by atoms with Crippen LogP contribution < -0.4 is 10.6 Å². The summed E-state index contributed by atoms with van der Waals surface area (Å²) in [6.07, 6.45) is 0. The minimum absolute atomic E-state index is 0.151. The summed E-state index contributed by atoms with van der Waals surface area (Å²) in [5.74, 6) is -0.865. The van der Waals surface area contributed by atoms with Gasteiger partial charge in [0.15, 0.2) is 0 Å². The molecule has 3 amide bonds. The third-order valence-electron chi connectivity index (χ3n) is 6.05. The Balaban J connectivity index is 1.43. The lowest BCUT2D eigenvalue weighted by Crippen LogP contribution is -2.63. The molecule has 31 heavy (non-hydrogen) atoms. The van der Waals surface area contributed by atoms with E-state index in [1.807, 2.05) is 66.1 Å². The molecular formula is C24H26N4O3. The Morgan fingerprint density at radius 1 is 1.06 bits per heavy atom. The van der Waals surface area contributed by atoms with Crippen LogP contribution in [0.1, 0.15) is 28.5 Å². The molecule has 160 valence electrons. The van der Waals surface area contributed by atoms with Crippen molar-refractivity contribution in [3.05, 3.63) is 71.4 Å². The molecule has 4 rings (SSSR count). The summed E-state index contributed by atoms with van der Waals surface area (Å²) in [5.41, 5.74) is 2.50. The van der Waals surface area contributed by atoms with Crippen molar-refractivity contribution in [3.8, 4) is 0 Å². The lowest BCUT2D eigenvalue weighted by molar-refractivity contribution is -0.134. The smallest absolute Gasteiger partial charge is 0.271 e. The molecular weight excluding hydrogens is 392 g/mol. The summed E-state index contributed by atoms with van der Waals surface area (Å²) in [7, 11) is 1.63. The van der Waals surface area contributed by atoms with E-state index in [1.165, 1.54) is 4.90 Å². The SMILES string of the molecule is Cc1ccc(CNC(=O)CNC(=O)C2(C)Cn3c(cc4ccccc43)C(=O)N2C)cc1. The van der Waals surface area contributed by atoms with Crippen LogP contribution in [0.15, 0.2) is 54.6 Å². The third kappa shape index (κ3) is 3.79. The predicted molar refractivity (Wildman–Crippen MR) is 118 cm³/mol. The molecule has 1 aliphatic rings. The second-order valence-electron chi connectivity index (χ2n) is 8.26. The molecule has 7 nitrogen and oxygen atoms in total. The standard InChI is InChI=1S/C24H26N4O3/c1-16-8-10-17(11-9-16)13-25-21(29)14-26-23(31)24(2)15-28-19-7-5-4-6-18(19)12-20(28)22(30)27(24)3/h4-12H,13-15H2,1-3H3,(H,25,29)(H,26,31). The van der Waals surface area contributed by atoms with Gasteiger partial charge in [0.1, 0.15) is 11.2 Å². The summed E-state index contributed by atoms with van der Waals surface area (Å²) >= 11 is 0. The van der Waals surface area contributed by atoms with Crippen molar-refractivity contribution in [1.29, 1.82) is 0 Å². The van der Waals surface area contributed by atoms with E-state index < -0.39 is 5.54 Å². The van der Waals surface area contributed by atoms with Crippen molar-refractivity contribution in [2.45, 2.75) is 32.5 Å². The number of fused-ring (bicyclic) bond motifs is 3. The summed E-state index contributed by atoms with van der Waals surface area (Å²) in [5, 5.41) is 6.47. The molecule has 1 aliphatic heterocycles. The van der Waals surface area contributed by atoms with E-state index in [9.17, 15) is 14.4 Å². The fourth-order valence-electron chi connectivity index (χ4n) is 3.91. The van der Waals surface area contributed by atoms with Crippen LogP contribution in [-0.4, -0.2) is 46.3 Å². The van der Waals surface area contributed by atoms with Gasteiger partial charge in [-0.05, 0) is 31.5 Å². The number of amides is 3. The van der Waals surface area contributed by atoms with Gasteiger partial charge in [0.2, 0.25) is 11.8 Å². The molecule has 0 bridgehead atoms. The van der Waals surface area contributed by atoms with E-state index in [0.29, 0.717) is 18.8 Å². The normalized spacial score (nSPS) is 18.0. The number of carbonyl (C=O) groups is 3. The number of aromatic nitrogens is 1. The topological polar surface area (TPSA) is 83.4 Å². The fraction of sp³-hybridized carbons (Fsp3) is 0.292. The Morgan fingerprint density at radius 3 is 2.52 bits per heavy atom. The van der Waals surface area contributed by atoms with Gasteiger partial charge in [-0.1, -0.05) is 48.0 Å². The molecule has 3 aromatic rings. The highest BCUT2D eigenvalue weighted by atomic mass is 16.2. The second-order valence-corrected chi connectivity index (χ2v) is 8.26. The van der Waals surface area contributed by atoms with Crippen LogP contribution in [-0.2, 0) is 22.7 Å². The van der Waals surface area contributed by atoms with E-state index in [0.717, 1.165) is 22.0 Å². The van der Waals surface area contributed by atoms with Gasteiger partial charge in [0.05, 0.1) is 13.1 Å². The molecule has 0 saturated carbocycles. The lowest BCUT2D eigenvalue weighted by Gasteiger charge is -2.41. The Bertz CT molecular complexity index is 1170. The number of hydrogen-bond acceptors (Lipinski definition) is 3. The Kier molecular flexibility index (Phi) is 5.27. The van der Waals surface area contributed by atoms with E-state index in [-0.39, 0.29) is 24.3 Å². The van der Waals surface area contributed by atoms with Crippen molar-refractivity contribution in [1.82, 2.24) is 20.1 Å². The molecule has 1 atom stereocenters. The van der Waals surface area contributed by atoms with E-state index >= 15 is 0 Å². The van der Waals surface area contributed by atoms with Gasteiger partial charge in [-0.2, -0.15) is 0 Å². The van der Waals surface area contributed by atoms with Gasteiger partial charge in [0.25, 0.3) is 5.91 Å². The first kappa shape index (κ1) is 20.7. The zero-order valence-corrected chi connectivity index (χ0v) is 17.9. The van der Waals surface area contributed by atoms with Crippen molar-refractivity contribution in [2.24, 2.45) is 0 Å². The second kappa shape index (κ2) is 7.91. The monoisotopic (exact) mass is 418 g/mol. The molecule has 0 spiro atoms. The summed E-state index contributed by atoms with van der Waals surface area (Å²) < 4.78 is 1.88. The number of likely N-dealkylation sites (N-methyl/N-ethyl adjacent to an activating group) is 1. The molecule has 0 fully saturated rings. The van der Waals surface area contributed by atoms with Gasteiger partial charge in [-0.15, -0.1) is 0 Å². The lowest BCUT2D eigenvalue weighted by atomic mass is 9.95. The van der Waals surface area contributed by atoms with Gasteiger partial charge < -0.3 is 20.1 Å². The Morgan fingerprint density at radius 2 is 1.77 bits per heavy atom. The van der Waals surface area contributed by atoms with E-state index in [2.05, 4.69) is 10.6 Å². The van der Waals surface area contributed by atoms with Gasteiger partial charge >= 0.3 is 0 Å². The van der Waals surface area contributed by atoms with Crippen molar-refractivity contribution >= 4 is 28.6 Å². The minimum atomic E-state index is -1.11. The Hall–Kier alpha value is -3.61. The molecule has 0 radical (unpaired) electrons. The van der Waals surface area contributed by atoms with Crippen molar-refractivity contribution in [3.63, 3.8) is 0 Å². The molecule has 0 saturated heterocycles. The number of hydrogen-bond donors (Lipinski definition) is 2. The maximum Gasteiger partial charge on any atom is 0.271 e. The number of aryl methyl sites for hydroxylation is 1. The number of nitrogens with zero attached hydrogens (tertiary/aromatic N) is 2. The number of para-hydroxylation sites is 1. The van der Waals surface area contributed by atoms with Crippen LogP contribution in [0.3, 0.4) is 0 Å². The highest BCUT2D eigenvalue weighted by Gasteiger charge is 2.45. The highest BCUT2D eigenvalue weighted by Crippen LogP contribution is 2.31. The van der Waals surface area contributed by atoms with Crippen LogP contribution in [0.5, 0.6) is 0 Å². The number of rotatable bonds is 5. The van der Waals surface area contributed by atoms with E-state index in [1.54, 1.807) is 14.0 Å². The van der Waals surface area contributed by atoms with Gasteiger partial charge in [-0.25, -0.2) is 0 Å². The average molecular weight is 418 g/mol. The predicted octanol–water partition coefficient (Wildman–Crippen LogP) is 2.23. The van der Waals surface area contributed by atoms with Crippen LogP contribution >= 0.6 is 0 Å². The molecule has 1 unspecified atom stereocenters. The van der Waals surface area contributed by atoms with Crippen LogP contribution in [0.25, 0.3) is 10.9 Å². The molecule has 2 heterocycles. The Labute approximate surface area is 181 Å². The van der Waals surface area contributed by atoms with Crippen molar-refractivity contribution < 1.29 is 14.4 Å². The van der Waals surface area contributed by atoms with Crippen molar-refractivity contribution in [2.75, 3.05) is 13.6 Å². The number of nitrogens with one attached hydrogen (secondary N) is 2. The first-order valence-corrected chi connectivity index (χ1v) is 10.3. The summed E-state index contributed by atoms with van der Waals surface area (Å²) in [4.78, 5) is 39.7. The average Bonchev–Trinajstić information content (AvgIpc) is 3.14. The largest absolute Gasteiger partial charge is 0.350 e. The zero-order valence-electron chi connectivity index (χ0n) is 17.9. The molecule has 1 aromatic heterocycles. The first-order chi connectivity index (χ1) is 14.8.